The quantitative estimate of drug-likeness (QED) is 0.714. The van der Waals surface area contributed by atoms with Crippen molar-refractivity contribution in [1.82, 2.24) is 0 Å². The number of carbonyl (C=O) groups excluding carboxylic acids is 1. The summed E-state index contributed by atoms with van der Waals surface area (Å²) in [6, 6.07) is 1.87. The van der Waals surface area contributed by atoms with E-state index in [1.54, 1.807) is 18.3 Å². The normalized spacial score (nSPS) is 10.8. The van der Waals surface area contributed by atoms with Crippen LogP contribution in [0.4, 0.5) is 5.00 Å². The molecule has 2 nitrogen and oxygen atoms in total. The minimum Gasteiger partial charge on any atom is -0.391 e. The first-order valence-electron chi connectivity index (χ1n) is 3.46. The third kappa shape index (κ3) is 1.04. The van der Waals surface area contributed by atoms with Gasteiger partial charge >= 0.3 is 0 Å². The SMILES string of the molecule is CC(=O)c1csc2sc(N)cc12. The number of ketones is 1. The maximum Gasteiger partial charge on any atom is 0.161 e. The van der Waals surface area contributed by atoms with Crippen LogP contribution in [-0.2, 0) is 0 Å². The number of hydrogen-bond donors (Lipinski definition) is 1. The summed E-state index contributed by atoms with van der Waals surface area (Å²) in [7, 11) is 0. The molecule has 12 heavy (non-hydrogen) atoms. The summed E-state index contributed by atoms with van der Waals surface area (Å²) in [6.45, 7) is 1.58. The molecule has 0 aliphatic rings. The monoisotopic (exact) mass is 197 g/mol. The first kappa shape index (κ1) is 7.76. The molecule has 0 saturated heterocycles. The zero-order valence-electron chi connectivity index (χ0n) is 6.46. The Balaban J connectivity index is 2.76. The van der Waals surface area contributed by atoms with Gasteiger partial charge in [0, 0.05) is 16.3 Å². The molecule has 2 heterocycles. The lowest BCUT2D eigenvalue weighted by Gasteiger charge is -1.85. The highest BCUT2D eigenvalue weighted by Gasteiger charge is 2.10. The average molecular weight is 197 g/mol. The van der Waals surface area contributed by atoms with E-state index in [1.165, 1.54) is 11.3 Å². The minimum absolute atomic E-state index is 0.110. The first-order chi connectivity index (χ1) is 5.68. The fraction of sp³-hybridized carbons (Fsp3) is 0.125. The Kier molecular flexibility index (Phi) is 1.66. The fourth-order valence-corrected chi connectivity index (χ4v) is 3.23. The van der Waals surface area contributed by atoms with Crippen molar-refractivity contribution in [1.29, 1.82) is 0 Å². The first-order valence-corrected chi connectivity index (χ1v) is 5.15. The van der Waals surface area contributed by atoms with Crippen LogP contribution >= 0.6 is 22.7 Å². The Bertz CT molecular complexity index is 441. The zero-order chi connectivity index (χ0) is 8.72. The number of carbonyl (C=O) groups is 1. The molecular weight excluding hydrogens is 190 g/mol. The Labute approximate surface area is 77.6 Å². The minimum atomic E-state index is 0.110. The number of fused-ring (bicyclic) bond motifs is 1. The lowest BCUT2D eigenvalue weighted by atomic mass is 10.2. The summed E-state index contributed by atoms with van der Waals surface area (Å²) in [5.74, 6) is 0.110. The molecule has 0 amide bonds. The van der Waals surface area contributed by atoms with Crippen LogP contribution in [0, 0.1) is 0 Å². The van der Waals surface area contributed by atoms with Gasteiger partial charge in [-0.25, -0.2) is 0 Å². The van der Waals surface area contributed by atoms with Crippen molar-refractivity contribution in [3.63, 3.8) is 0 Å². The van der Waals surface area contributed by atoms with Crippen LogP contribution in [0.5, 0.6) is 0 Å². The van der Waals surface area contributed by atoms with E-state index in [9.17, 15) is 4.79 Å². The van der Waals surface area contributed by atoms with Gasteiger partial charge in [0.15, 0.2) is 5.78 Å². The third-order valence-corrected chi connectivity index (χ3v) is 3.76. The summed E-state index contributed by atoms with van der Waals surface area (Å²) in [6.07, 6.45) is 0. The van der Waals surface area contributed by atoms with E-state index in [0.717, 1.165) is 20.0 Å². The Morgan fingerprint density at radius 3 is 3.00 bits per heavy atom. The lowest BCUT2D eigenvalue weighted by molar-refractivity contribution is 0.101. The van der Waals surface area contributed by atoms with Gasteiger partial charge in [0.1, 0.15) is 0 Å². The van der Waals surface area contributed by atoms with Crippen LogP contribution in [0.1, 0.15) is 17.3 Å². The van der Waals surface area contributed by atoms with E-state index in [4.69, 9.17) is 5.73 Å². The molecule has 2 aromatic rings. The molecule has 2 aromatic heterocycles. The molecule has 0 atom stereocenters. The van der Waals surface area contributed by atoms with Crippen molar-refractivity contribution in [2.45, 2.75) is 6.92 Å². The topological polar surface area (TPSA) is 43.1 Å². The van der Waals surface area contributed by atoms with Crippen molar-refractivity contribution in [3.8, 4) is 0 Å². The van der Waals surface area contributed by atoms with Gasteiger partial charge < -0.3 is 5.73 Å². The van der Waals surface area contributed by atoms with Gasteiger partial charge in [-0.15, -0.1) is 22.7 Å². The summed E-state index contributed by atoms with van der Waals surface area (Å²) < 4.78 is 1.14. The van der Waals surface area contributed by atoms with Gasteiger partial charge in [0.05, 0.1) is 9.01 Å². The van der Waals surface area contributed by atoms with Crippen LogP contribution in [0.2, 0.25) is 0 Å². The van der Waals surface area contributed by atoms with Crippen molar-refractivity contribution in [2.24, 2.45) is 0 Å². The summed E-state index contributed by atoms with van der Waals surface area (Å²) in [5.41, 5.74) is 6.41. The number of thiophene rings is 2. The van der Waals surface area contributed by atoms with Crippen LogP contribution in [0.15, 0.2) is 11.4 Å². The van der Waals surface area contributed by atoms with Gasteiger partial charge in [0.25, 0.3) is 0 Å². The van der Waals surface area contributed by atoms with Gasteiger partial charge in [-0.1, -0.05) is 0 Å². The fourth-order valence-electron chi connectivity index (χ4n) is 1.12. The summed E-state index contributed by atoms with van der Waals surface area (Å²) in [5, 5.41) is 3.68. The molecule has 0 aromatic carbocycles. The van der Waals surface area contributed by atoms with Crippen LogP contribution in [0.3, 0.4) is 0 Å². The molecule has 0 bridgehead atoms. The number of nitrogens with two attached hydrogens (primary N) is 1. The van der Waals surface area contributed by atoms with E-state index < -0.39 is 0 Å². The molecule has 0 aliphatic heterocycles. The molecule has 2 N–H and O–H groups in total. The highest BCUT2D eigenvalue weighted by Crippen LogP contribution is 2.35. The second kappa shape index (κ2) is 2.57. The Hall–Kier alpha value is -0.870. The molecule has 0 radical (unpaired) electrons. The summed E-state index contributed by atoms with van der Waals surface area (Å²) >= 11 is 3.12. The Morgan fingerprint density at radius 2 is 2.33 bits per heavy atom. The molecule has 2 rings (SSSR count). The molecule has 0 spiro atoms. The highest BCUT2D eigenvalue weighted by molar-refractivity contribution is 7.39. The summed E-state index contributed by atoms with van der Waals surface area (Å²) in [4.78, 5) is 11.1. The predicted octanol–water partition coefficient (Wildman–Crippen LogP) is 2.75. The van der Waals surface area contributed by atoms with E-state index in [0.29, 0.717) is 0 Å². The lowest BCUT2D eigenvalue weighted by Crippen LogP contribution is -1.87. The molecular formula is C8H7NOS2. The van der Waals surface area contributed by atoms with E-state index >= 15 is 0 Å². The molecule has 0 saturated carbocycles. The number of hydrogen-bond acceptors (Lipinski definition) is 4. The molecule has 62 valence electrons. The number of Topliss-reactive ketones (excluding diaryl/α,β-unsaturated/α-hetero) is 1. The van der Waals surface area contributed by atoms with Crippen molar-refractivity contribution >= 4 is 42.9 Å². The second-order valence-corrected chi connectivity index (χ2v) is 4.78. The highest BCUT2D eigenvalue weighted by atomic mass is 32.2. The maximum absolute atomic E-state index is 11.1. The molecule has 0 fully saturated rings. The van der Waals surface area contributed by atoms with Crippen LogP contribution in [0.25, 0.3) is 9.40 Å². The maximum atomic E-state index is 11.1. The van der Waals surface area contributed by atoms with Crippen LogP contribution < -0.4 is 5.73 Å². The van der Waals surface area contributed by atoms with E-state index in [1.807, 2.05) is 11.4 Å². The standard InChI is InChI=1S/C8H7NOS2/c1-4(10)6-3-11-8-5(6)2-7(9)12-8/h2-3H,9H2,1H3. The van der Waals surface area contributed by atoms with Crippen molar-refractivity contribution in [2.75, 3.05) is 5.73 Å². The van der Waals surface area contributed by atoms with Gasteiger partial charge in [0.2, 0.25) is 0 Å². The third-order valence-electron chi connectivity index (χ3n) is 1.67. The Morgan fingerprint density at radius 1 is 1.58 bits per heavy atom. The number of rotatable bonds is 1. The molecule has 0 unspecified atom stereocenters. The van der Waals surface area contributed by atoms with E-state index in [-0.39, 0.29) is 5.78 Å². The van der Waals surface area contributed by atoms with Crippen molar-refractivity contribution < 1.29 is 4.79 Å². The van der Waals surface area contributed by atoms with Gasteiger partial charge in [-0.3, -0.25) is 4.79 Å². The van der Waals surface area contributed by atoms with E-state index in [2.05, 4.69) is 0 Å². The molecule has 0 aliphatic carbocycles. The van der Waals surface area contributed by atoms with Gasteiger partial charge in [-0.05, 0) is 13.0 Å². The average Bonchev–Trinajstić information content (AvgIpc) is 2.43. The van der Waals surface area contributed by atoms with Crippen molar-refractivity contribution in [3.05, 3.63) is 17.0 Å². The molecule has 4 heteroatoms. The second-order valence-electron chi connectivity index (χ2n) is 2.56. The smallest absolute Gasteiger partial charge is 0.161 e. The number of nitrogen functional groups attached to an aromatic ring is 1. The largest absolute Gasteiger partial charge is 0.391 e. The van der Waals surface area contributed by atoms with Crippen LogP contribution in [-0.4, -0.2) is 5.78 Å². The predicted molar refractivity (Wildman–Crippen MR) is 54.1 cm³/mol. The van der Waals surface area contributed by atoms with Gasteiger partial charge in [-0.2, -0.15) is 0 Å². The zero-order valence-corrected chi connectivity index (χ0v) is 8.09. The number of anilines is 1.